The van der Waals surface area contributed by atoms with Gasteiger partial charge < -0.3 is 10.1 Å². The van der Waals surface area contributed by atoms with E-state index in [2.05, 4.69) is 10.1 Å². The summed E-state index contributed by atoms with van der Waals surface area (Å²) in [5.41, 5.74) is -0.0330. The van der Waals surface area contributed by atoms with Gasteiger partial charge in [-0.2, -0.15) is 0 Å². The number of methoxy groups -OCH3 is 1. The van der Waals surface area contributed by atoms with Crippen LogP contribution in [0.3, 0.4) is 0 Å². The highest BCUT2D eigenvalue weighted by molar-refractivity contribution is 7.92. The van der Waals surface area contributed by atoms with Gasteiger partial charge in [0.25, 0.3) is 0 Å². The molecule has 0 heterocycles. The number of ether oxygens (including phenoxy) is 1. The molecule has 0 radical (unpaired) electrons. The molecule has 1 unspecified atom stereocenters. The molecule has 0 fully saturated rings. The van der Waals surface area contributed by atoms with Crippen molar-refractivity contribution in [2.45, 2.75) is 13.0 Å². The normalized spacial score (nSPS) is 12.2. The number of hydrogen-bond donors (Lipinski definition) is 1. The molecule has 10 heteroatoms. The maximum Gasteiger partial charge on any atom is 0.337 e. The van der Waals surface area contributed by atoms with Gasteiger partial charge in [-0.1, -0.05) is 23.7 Å². The largest absolute Gasteiger partial charge is 0.465 e. The van der Waals surface area contributed by atoms with Gasteiger partial charge in [0.05, 0.1) is 35.3 Å². The van der Waals surface area contributed by atoms with Crippen molar-refractivity contribution in [3.05, 3.63) is 58.9 Å². The maximum absolute atomic E-state index is 14.2. The zero-order valence-electron chi connectivity index (χ0n) is 15.3. The summed E-state index contributed by atoms with van der Waals surface area (Å²) in [4.78, 5) is 24.3. The van der Waals surface area contributed by atoms with E-state index in [0.29, 0.717) is 4.31 Å². The Labute approximate surface area is 167 Å². The van der Waals surface area contributed by atoms with Crippen molar-refractivity contribution in [3.8, 4) is 0 Å². The van der Waals surface area contributed by atoms with E-state index in [0.717, 1.165) is 12.3 Å². The molecule has 0 aliphatic rings. The fourth-order valence-corrected chi connectivity index (χ4v) is 3.85. The molecule has 1 N–H and O–H groups in total. The van der Waals surface area contributed by atoms with Gasteiger partial charge in [-0.05, 0) is 37.3 Å². The molecule has 2 aromatic rings. The number of halogens is 2. The Morgan fingerprint density at radius 3 is 2.43 bits per heavy atom. The molecule has 2 rings (SSSR count). The number of carbonyl (C=O) groups excluding carboxylic acids is 2. The van der Waals surface area contributed by atoms with Crippen molar-refractivity contribution in [2.24, 2.45) is 0 Å². The molecule has 150 valence electrons. The first kappa shape index (κ1) is 21.6. The standard InChI is InChI=1S/C18H18ClFN2O5S/c1-11(22(28(3,25)26)16-7-5-4-6-14(16)20)17(23)21-15-10-12(18(24)27-2)8-9-13(15)19/h4-11H,1-3H3,(H,21,23). The third-order valence-electron chi connectivity index (χ3n) is 3.82. The van der Waals surface area contributed by atoms with Crippen LogP contribution in [0.1, 0.15) is 17.3 Å². The number of amides is 1. The zero-order valence-corrected chi connectivity index (χ0v) is 16.8. The summed E-state index contributed by atoms with van der Waals surface area (Å²) < 4.78 is 43.9. The summed E-state index contributed by atoms with van der Waals surface area (Å²) in [5.74, 6) is -2.19. The molecular formula is C18H18ClFN2O5S. The molecule has 2 aromatic carbocycles. The van der Waals surface area contributed by atoms with Crippen LogP contribution in [0.25, 0.3) is 0 Å². The average molecular weight is 429 g/mol. The number of sulfonamides is 1. The van der Waals surface area contributed by atoms with Gasteiger partial charge >= 0.3 is 5.97 Å². The highest BCUT2D eigenvalue weighted by atomic mass is 35.5. The summed E-state index contributed by atoms with van der Waals surface area (Å²) >= 11 is 6.05. The summed E-state index contributed by atoms with van der Waals surface area (Å²) in [5, 5.41) is 2.59. The SMILES string of the molecule is COC(=O)c1ccc(Cl)c(NC(=O)C(C)N(c2ccccc2F)S(C)(=O)=O)c1. The molecular weight excluding hydrogens is 411 g/mol. The number of rotatable bonds is 6. The van der Waals surface area contributed by atoms with Crippen molar-refractivity contribution in [1.82, 2.24) is 0 Å². The first-order chi connectivity index (χ1) is 13.1. The van der Waals surface area contributed by atoms with Crippen LogP contribution >= 0.6 is 11.6 Å². The molecule has 0 bridgehead atoms. The molecule has 0 saturated carbocycles. The van der Waals surface area contributed by atoms with Crippen LogP contribution in [0.15, 0.2) is 42.5 Å². The highest BCUT2D eigenvalue weighted by Gasteiger charge is 2.31. The first-order valence-corrected chi connectivity index (χ1v) is 10.2. The summed E-state index contributed by atoms with van der Waals surface area (Å²) in [6.45, 7) is 1.31. The van der Waals surface area contributed by atoms with Crippen molar-refractivity contribution in [3.63, 3.8) is 0 Å². The Balaban J connectivity index is 2.37. The van der Waals surface area contributed by atoms with Crippen LogP contribution < -0.4 is 9.62 Å². The second kappa shape index (κ2) is 8.57. The predicted molar refractivity (Wildman–Crippen MR) is 105 cm³/mol. The van der Waals surface area contributed by atoms with Gasteiger partial charge in [0.2, 0.25) is 15.9 Å². The van der Waals surface area contributed by atoms with E-state index >= 15 is 0 Å². The third kappa shape index (κ3) is 4.79. The Morgan fingerprint density at radius 1 is 1.21 bits per heavy atom. The number of para-hydroxylation sites is 1. The number of anilines is 2. The number of benzene rings is 2. The topological polar surface area (TPSA) is 92.8 Å². The summed E-state index contributed by atoms with van der Waals surface area (Å²) in [6.07, 6.45) is 0.869. The fourth-order valence-electron chi connectivity index (χ4n) is 2.51. The second-order valence-corrected chi connectivity index (χ2v) is 8.13. The van der Waals surface area contributed by atoms with Crippen LogP contribution in [0.2, 0.25) is 5.02 Å². The molecule has 1 amide bonds. The molecule has 7 nitrogen and oxygen atoms in total. The van der Waals surface area contributed by atoms with Crippen LogP contribution in [-0.4, -0.2) is 39.7 Å². The summed E-state index contributed by atoms with van der Waals surface area (Å²) in [7, 11) is -2.78. The fraction of sp³-hybridized carbons (Fsp3) is 0.222. The molecule has 0 aliphatic heterocycles. The van der Waals surface area contributed by atoms with E-state index in [1.165, 1.54) is 50.4 Å². The van der Waals surface area contributed by atoms with Gasteiger partial charge in [-0.3, -0.25) is 9.10 Å². The molecule has 0 aromatic heterocycles. The van der Waals surface area contributed by atoms with E-state index < -0.39 is 33.8 Å². The Bertz CT molecular complexity index is 1010. The Morgan fingerprint density at radius 2 is 1.86 bits per heavy atom. The second-order valence-electron chi connectivity index (χ2n) is 5.86. The third-order valence-corrected chi connectivity index (χ3v) is 5.38. The number of esters is 1. The first-order valence-electron chi connectivity index (χ1n) is 7.99. The van der Waals surface area contributed by atoms with E-state index in [-0.39, 0.29) is 22.0 Å². The number of nitrogens with one attached hydrogen (secondary N) is 1. The predicted octanol–water partition coefficient (Wildman–Crippen LogP) is 3.06. The van der Waals surface area contributed by atoms with Gasteiger partial charge in [-0.15, -0.1) is 0 Å². The minimum atomic E-state index is -3.99. The lowest BCUT2D eigenvalue weighted by Gasteiger charge is -2.28. The van der Waals surface area contributed by atoms with Gasteiger partial charge in [0, 0.05) is 0 Å². The molecule has 28 heavy (non-hydrogen) atoms. The van der Waals surface area contributed by atoms with E-state index in [1.807, 2.05) is 0 Å². The van der Waals surface area contributed by atoms with Crippen molar-refractivity contribution in [1.29, 1.82) is 0 Å². The van der Waals surface area contributed by atoms with Crippen LogP contribution in [0.5, 0.6) is 0 Å². The van der Waals surface area contributed by atoms with E-state index in [9.17, 15) is 22.4 Å². The van der Waals surface area contributed by atoms with Crippen LogP contribution in [0, 0.1) is 5.82 Å². The van der Waals surface area contributed by atoms with Gasteiger partial charge in [0.1, 0.15) is 11.9 Å². The smallest absolute Gasteiger partial charge is 0.337 e. The monoisotopic (exact) mass is 428 g/mol. The lowest BCUT2D eigenvalue weighted by atomic mass is 10.2. The lowest BCUT2D eigenvalue weighted by Crippen LogP contribution is -2.45. The minimum Gasteiger partial charge on any atom is -0.465 e. The van der Waals surface area contributed by atoms with E-state index in [1.54, 1.807) is 0 Å². The van der Waals surface area contributed by atoms with Crippen molar-refractivity contribution >= 4 is 44.9 Å². The van der Waals surface area contributed by atoms with Gasteiger partial charge in [0.15, 0.2) is 0 Å². The Hall–Kier alpha value is -2.65. The molecule has 1 atom stereocenters. The molecule has 0 aliphatic carbocycles. The van der Waals surface area contributed by atoms with Crippen molar-refractivity contribution < 1.29 is 27.1 Å². The van der Waals surface area contributed by atoms with Crippen molar-refractivity contribution in [2.75, 3.05) is 23.0 Å². The summed E-state index contributed by atoms with van der Waals surface area (Å²) in [6, 6.07) is 8.01. The quantitative estimate of drug-likeness (QED) is 0.714. The van der Waals surface area contributed by atoms with Crippen LogP contribution in [0.4, 0.5) is 15.8 Å². The number of nitrogens with zero attached hydrogens (tertiary/aromatic N) is 1. The molecule has 0 saturated heterocycles. The highest BCUT2D eigenvalue weighted by Crippen LogP contribution is 2.27. The minimum absolute atomic E-state index is 0.0865. The maximum atomic E-state index is 14.2. The Kier molecular flexibility index (Phi) is 6.63. The lowest BCUT2D eigenvalue weighted by molar-refractivity contribution is -0.116. The molecule has 0 spiro atoms. The van der Waals surface area contributed by atoms with E-state index in [4.69, 9.17) is 11.6 Å². The number of carbonyl (C=O) groups is 2. The average Bonchev–Trinajstić information content (AvgIpc) is 2.63. The van der Waals surface area contributed by atoms with Gasteiger partial charge in [-0.25, -0.2) is 17.6 Å². The number of hydrogen-bond acceptors (Lipinski definition) is 5. The van der Waals surface area contributed by atoms with Crippen LogP contribution in [-0.2, 0) is 19.6 Å². The zero-order chi connectivity index (χ0) is 21.1.